The second kappa shape index (κ2) is 13.5. The molecule has 0 bridgehead atoms. The number of benzene rings is 1. The predicted molar refractivity (Wildman–Crippen MR) is 139 cm³/mol. The lowest BCUT2D eigenvalue weighted by molar-refractivity contribution is 0.0850. The molecule has 34 heavy (non-hydrogen) atoms. The van der Waals surface area contributed by atoms with Crippen molar-refractivity contribution in [1.29, 1.82) is 0 Å². The molecule has 0 spiro atoms. The molecule has 1 aromatic heterocycles. The monoisotopic (exact) mass is 473 g/mol. The highest BCUT2D eigenvalue weighted by Crippen LogP contribution is 2.35. The summed E-state index contributed by atoms with van der Waals surface area (Å²) in [5.41, 5.74) is 3.63. The lowest BCUT2D eigenvalue weighted by Crippen LogP contribution is -2.35. The van der Waals surface area contributed by atoms with Crippen molar-refractivity contribution in [2.24, 2.45) is 0 Å². The first kappa shape index (κ1) is 26.3. The molecule has 0 radical (unpaired) electrons. The van der Waals surface area contributed by atoms with E-state index in [0.29, 0.717) is 19.1 Å². The number of aromatic nitrogens is 2. The number of nitrogens with zero attached hydrogens (tertiary/aromatic N) is 3. The van der Waals surface area contributed by atoms with Crippen LogP contribution in [0.25, 0.3) is 11.0 Å². The number of carbonyl (C=O) groups excluding carboxylic acids is 1. The van der Waals surface area contributed by atoms with Gasteiger partial charge in [-0.15, -0.1) is 0 Å². The van der Waals surface area contributed by atoms with Crippen molar-refractivity contribution in [1.82, 2.24) is 14.9 Å². The van der Waals surface area contributed by atoms with Gasteiger partial charge in [0.2, 0.25) is 0 Å². The van der Waals surface area contributed by atoms with E-state index in [9.17, 15) is 4.79 Å². The van der Waals surface area contributed by atoms with Crippen molar-refractivity contribution in [3.8, 4) is 0 Å². The lowest BCUT2D eigenvalue weighted by Gasteiger charge is -2.28. The smallest absolute Gasteiger partial charge is 0.411 e. The van der Waals surface area contributed by atoms with Gasteiger partial charge in [-0.25, -0.2) is 9.78 Å². The third kappa shape index (κ3) is 7.09. The fourth-order valence-corrected chi connectivity index (χ4v) is 4.73. The molecule has 190 valence electrons. The number of aromatic amines is 1. The number of hydrogen-bond acceptors (Lipinski definition) is 6. The highest BCUT2D eigenvalue weighted by atomic mass is 16.6. The first-order valence-electron chi connectivity index (χ1n) is 13.1. The van der Waals surface area contributed by atoms with Crippen LogP contribution < -0.4 is 10.2 Å². The molecule has 1 aliphatic rings. The maximum atomic E-state index is 12.5. The number of nitrogens with one attached hydrogen (secondary N) is 2. The van der Waals surface area contributed by atoms with Crippen molar-refractivity contribution in [2.75, 3.05) is 62.8 Å². The number of fused-ring (bicyclic) bond motifs is 1. The maximum absolute atomic E-state index is 12.5. The highest BCUT2D eigenvalue weighted by Gasteiger charge is 2.21. The van der Waals surface area contributed by atoms with E-state index in [0.717, 1.165) is 61.0 Å². The largest absolute Gasteiger partial charge is 0.447 e. The van der Waals surface area contributed by atoms with E-state index in [1.54, 1.807) is 0 Å². The fraction of sp³-hybridized carbons (Fsp3) is 0.692. The number of likely N-dealkylation sites (N-methyl/N-ethyl adjacent to an activating group) is 2. The molecule has 2 N–H and O–H groups in total. The fourth-order valence-electron chi connectivity index (χ4n) is 4.73. The zero-order valence-electron chi connectivity index (χ0n) is 21.5. The molecule has 0 atom stereocenters. The standard InChI is InChI=1S/C26H43N5O3/c1-5-30(6-2)14-15-31(7-3)24-19-22-21(27-25(28-22)20-12-10-9-11-13-20)18-23(24)29-26(32)34-17-16-33-8-4/h18-20H,5-17H2,1-4H3,(H,27,28)(H,29,32). The summed E-state index contributed by atoms with van der Waals surface area (Å²) >= 11 is 0. The van der Waals surface area contributed by atoms with Gasteiger partial charge < -0.3 is 24.3 Å². The van der Waals surface area contributed by atoms with E-state index in [2.05, 4.69) is 46.9 Å². The average Bonchev–Trinajstić information content (AvgIpc) is 3.28. The topological polar surface area (TPSA) is 82.7 Å². The van der Waals surface area contributed by atoms with E-state index < -0.39 is 6.09 Å². The maximum Gasteiger partial charge on any atom is 0.411 e. The van der Waals surface area contributed by atoms with Crippen molar-refractivity contribution in [3.05, 3.63) is 18.0 Å². The summed E-state index contributed by atoms with van der Waals surface area (Å²) in [6, 6.07) is 4.12. The first-order chi connectivity index (χ1) is 16.6. The van der Waals surface area contributed by atoms with Gasteiger partial charge in [0.05, 0.1) is 29.0 Å². The minimum Gasteiger partial charge on any atom is -0.447 e. The van der Waals surface area contributed by atoms with Gasteiger partial charge in [-0.2, -0.15) is 0 Å². The van der Waals surface area contributed by atoms with Gasteiger partial charge in [0.25, 0.3) is 0 Å². The van der Waals surface area contributed by atoms with Crippen LogP contribution in [-0.4, -0.2) is 73.5 Å². The molecule has 1 fully saturated rings. The van der Waals surface area contributed by atoms with Crippen LogP contribution in [0.3, 0.4) is 0 Å². The zero-order valence-corrected chi connectivity index (χ0v) is 21.5. The molecule has 1 aliphatic carbocycles. The number of imidazole rings is 1. The molecule has 0 aliphatic heterocycles. The number of carbonyl (C=O) groups is 1. The second-order valence-electron chi connectivity index (χ2n) is 8.91. The van der Waals surface area contributed by atoms with E-state index in [1.165, 1.54) is 32.1 Å². The van der Waals surface area contributed by atoms with Gasteiger partial charge in [-0.1, -0.05) is 33.1 Å². The van der Waals surface area contributed by atoms with Crippen molar-refractivity contribution in [2.45, 2.75) is 65.7 Å². The van der Waals surface area contributed by atoms with Crippen LogP contribution >= 0.6 is 0 Å². The zero-order chi connectivity index (χ0) is 24.3. The molecule has 0 unspecified atom stereocenters. The Morgan fingerprint density at radius 3 is 2.50 bits per heavy atom. The van der Waals surface area contributed by atoms with Crippen molar-refractivity contribution in [3.63, 3.8) is 0 Å². The molecule has 1 heterocycles. The Hall–Kier alpha value is -2.32. The molecule has 8 heteroatoms. The van der Waals surface area contributed by atoms with Gasteiger partial charge in [-0.3, -0.25) is 5.32 Å². The number of amides is 1. The number of hydrogen-bond donors (Lipinski definition) is 2. The predicted octanol–water partition coefficient (Wildman–Crippen LogP) is 5.36. The second-order valence-corrected chi connectivity index (χ2v) is 8.91. The van der Waals surface area contributed by atoms with Crippen LogP contribution in [0.15, 0.2) is 12.1 Å². The van der Waals surface area contributed by atoms with Gasteiger partial charge in [0.1, 0.15) is 12.4 Å². The van der Waals surface area contributed by atoms with Crippen molar-refractivity contribution < 1.29 is 14.3 Å². The number of H-pyrrole nitrogens is 1. The Labute approximate surface area is 204 Å². The van der Waals surface area contributed by atoms with Gasteiger partial charge in [-0.05, 0) is 51.9 Å². The number of anilines is 2. The molecular weight excluding hydrogens is 430 g/mol. The molecule has 1 aromatic carbocycles. The first-order valence-corrected chi connectivity index (χ1v) is 13.1. The highest BCUT2D eigenvalue weighted by molar-refractivity contribution is 5.95. The SMILES string of the molecule is CCOCCOC(=O)Nc1cc2[nH]c(C3CCCCC3)nc2cc1N(CC)CCN(CC)CC. The average molecular weight is 474 g/mol. The minimum atomic E-state index is -0.466. The van der Waals surface area contributed by atoms with Gasteiger partial charge >= 0.3 is 6.09 Å². The molecule has 0 saturated heterocycles. The summed E-state index contributed by atoms with van der Waals surface area (Å²) in [5, 5.41) is 2.98. The van der Waals surface area contributed by atoms with E-state index in [-0.39, 0.29) is 6.61 Å². The van der Waals surface area contributed by atoms with Crippen molar-refractivity contribution >= 4 is 28.5 Å². The summed E-state index contributed by atoms with van der Waals surface area (Å²) in [7, 11) is 0. The van der Waals surface area contributed by atoms with Crippen LogP contribution in [0.5, 0.6) is 0 Å². The molecule has 1 amide bonds. The Morgan fingerprint density at radius 1 is 1.06 bits per heavy atom. The van der Waals surface area contributed by atoms with Crippen LogP contribution in [0, 0.1) is 0 Å². The molecular formula is C26H43N5O3. The molecule has 3 rings (SSSR count). The number of ether oxygens (including phenoxy) is 2. The van der Waals surface area contributed by atoms with Gasteiger partial charge in [0, 0.05) is 32.2 Å². The van der Waals surface area contributed by atoms with Gasteiger partial charge in [0.15, 0.2) is 0 Å². The van der Waals surface area contributed by atoms with E-state index in [4.69, 9.17) is 14.5 Å². The van der Waals surface area contributed by atoms with Crippen LogP contribution in [0.4, 0.5) is 16.2 Å². The normalized spacial score (nSPS) is 14.6. The van der Waals surface area contributed by atoms with Crippen LogP contribution in [0.1, 0.15) is 71.5 Å². The Bertz CT molecular complexity index is 890. The summed E-state index contributed by atoms with van der Waals surface area (Å²) in [5.74, 6) is 1.57. The van der Waals surface area contributed by atoms with E-state index >= 15 is 0 Å². The summed E-state index contributed by atoms with van der Waals surface area (Å²) < 4.78 is 10.6. The summed E-state index contributed by atoms with van der Waals surface area (Å²) in [6.45, 7) is 14.4. The quantitative estimate of drug-likeness (QED) is 0.381. The summed E-state index contributed by atoms with van der Waals surface area (Å²) in [4.78, 5) is 25.8. The van der Waals surface area contributed by atoms with E-state index in [1.807, 2.05) is 13.0 Å². The Morgan fingerprint density at radius 2 is 1.82 bits per heavy atom. The third-order valence-electron chi connectivity index (χ3n) is 6.81. The Kier molecular flexibility index (Phi) is 10.5. The van der Waals surface area contributed by atoms with Crippen LogP contribution in [0.2, 0.25) is 0 Å². The molecule has 2 aromatic rings. The summed E-state index contributed by atoms with van der Waals surface area (Å²) in [6.07, 6.45) is 5.76. The molecule has 1 saturated carbocycles. The minimum absolute atomic E-state index is 0.229. The van der Waals surface area contributed by atoms with Crippen LogP contribution in [-0.2, 0) is 9.47 Å². The lowest BCUT2D eigenvalue weighted by atomic mass is 9.89. The number of rotatable bonds is 13. The Balaban J connectivity index is 1.86. The third-order valence-corrected chi connectivity index (χ3v) is 6.81. The molecule has 8 nitrogen and oxygen atoms in total.